The minimum Gasteiger partial charge on any atom is -0.271 e. The van der Waals surface area contributed by atoms with Crippen LogP contribution in [-0.4, -0.2) is 4.98 Å². The summed E-state index contributed by atoms with van der Waals surface area (Å²) >= 11 is 0. The second-order valence-electron chi connectivity index (χ2n) is 3.73. The molecule has 0 spiro atoms. The first-order chi connectivity index (χ1) is 7.17. The minimum atomic E-state index is 0.0670. The molecule has 1 atom stereocenters. The van der Waals surface area contributed by atoms with Crippen molar-refractivity contribution in [3.05, 3.63) is 41.7 Å². The number of nitrogens with zero attached hydrogens (tertiary/aromatic N) is 1. The number of nitrogens with two attached hydrogens (primary N) is 1. The van der Waals surface area contributed by atoms with Gasteiger partial charge in [0.25, 0.3) is 0 Å². The van der Waals surface area contributed by atoms with Gasteiger partial charge in [0, 0.05) is 5.69 Å². The first-order valence-corrected chi connectivity index (χ1v) is 5.23. The third-order valence-electron chi connectivity index (χ3n) is 2.46. The summed E-state index contributed by atoms with van der Waals surface area (Å²) in [6.45, 7) is 8.06. The Hall–Kier alpha value is -1.19. The van der Waals surface area contributed by atoms with Crippen LogP contribution in [0.5, 0.6) is 0 Å². The highest BCUT2D eigenvalue weighted by Crippen LogP contribution is 2.19. The lowest BCUT2D eigenvalue weighted by molar-refractivity contribution is 0.531. The standard InChI is InChI=1S/C12H19N3/c1-4-9(2)8-12(15-13)11-7-5-6-10(3)14-11/h5-7,12,15H,2,4,8,13H2,1,3H3. The molecule has 15 heavy (non-hydrogen) atoms. The molecule has 0 aromatic carbocycles. The summed E-state index contributed by atoms with van der Waals surface area (Å²) in [6.07, 6.45) is 1.81. The van der Waals surface area contributed by atoms with Crippen LogP contribution in [0.4, 0.5) is 0 Å². The van der Waals surface area contributed by atoms with Crippen LogP contribution in [0.1, 0.15) is 37.2 Å². The van der Waals surface area contributed by atoms with Gasteiger partial charge in [0.1, 0.15) is 0 Å². The third kappa shape index (κ3) is 3.46. The summed E-state index contributed by atoms with van der Waals surface area (Å²) in [5.41, 5.74) is 5.96. The molecule has 0 aliphatic rings. The van der Waals surface area contributed by atoms with E-state index in [1.54, 1.807) is 0 Å². The predicted octanol–water partition coefficient (Wildman–Crippen LogP) is 2.25. The summed E-state index contributed by atoms with van der Waals surface area (Å²) in [5, 5.41) is 0. The first kappa shape index (κ1) is 11.9. The summed E-state index contributed by atoms with van der Waals surface area (Å²) in [4.78, 5) is 4.45. The molecule has 3 N–H and O–H groups in total. The van der Waals surface area contributed by atoms with E-state index in [-0.39, 0.29) is 6.04 Å². The second kappa shape index (κ2) is 5.63. The van der Waals surface area contributed by atoms with Gasteiger partial charge in [-0.15, -0.1) is 0 Å². The molecule has 1 unspecified atom stereocenters. The Labute approximate surface area is 91.4 Å². The van der Waals surface area contributed by atoms with E-state index in [4.69, 9.17) is 5.84 Å². The van der Waals surface area contributed by atoms with Gasteiger partial charge in [0.2, 0.25) is 0 Å². The van der Waals surface area contributed by atoms with E-state index in [0.29, 0.717) is 0 Å². The SMILES string of the molecule is C=C(CC)CC(NN)c1cccc(C)n1. The maximum Gasteiger partial charge on any atom is 0.0669 e. The number of pyridine rings is 1. The smallest absolute Gasteiger partial charge is 0.0669 e. The zero-order valence-electron chi connectivity index (χ0n) is 9.46. The molecule has 3 nitrogen and oxygen atoms in total. The van der Waals surface area contributed by atoms with Crippen LogP contribution in [0.3, 0.4) is 0 Å². The summed E-state index contributed by atoms with van der Waals surface area (Å²) in [5.74, 6) is 5.53. The molecule has 0 fully saturated rings. The lowest BCUT2D eigenvalue weighted by atomic mass is 10.0. The maximum atomic E-state index is 5.53. The van der Waals surface area contributed by atoms with Gasteiger partial charge in [-0.2, -0.15) is 0 Å². The van der Waals surface area contributed by atoms with Gasteiger partial charge in [0.05, 0.1) is 11.7 Å². The van der Waals surface area contributed by atoms with E-state index in [2.05, 4.69) is 23.9 Å². The van der Waals surface area contributed by atoms with Crippen molar-refractivity contribution in [3.8, 4) is 0 Å². The van der Waals surface area contributed by atoms with E-state index in [1.165, 1.54) is 5.57 Å². The number of rotatable bonds is 5. The molecule has 3 heteroatoms. The van der Waals surface area contributed by atoms with E-state index in [1.807, 2.05) is 25.1 Å². The number of hydrogen-bond donors (Lipinski definition) is 2. The highest BCUT2D eigenvalue weighted by molar-refractivity contribution is 5.15. The molecule has 0 bridgehead atoms. The van der Waals surface area contributed by atoms with Crippen LogP contribution >= 0.6 is 0 Å². The molecule has 1 heterocycles. The zero-order valence-corrected chi connectivity index (χ0v) is 9.46. The molecular weight excluding hydrogens is 186 g/mol. The fraction of sp³-hybridized carbons (Fsp3) is 0.417. The summed E-state index contributed by atoms with van der Waals surface area (Å²) in [7, 11) is 0. The Balaban J connectivity index is 2.78. The van der Waals surface area contributed by atoms with Gasteiger partial charge in [-0.1, -0.05) is 25.1 Å². The monoisotopic (exact) mass is 205 g/mol. The topological polar surface area (TPSA) is 50.9 Å². The minimum absolute atomic E-state index is 0.0670. The van der Waals surface area contributed by atoms with Crippen LogP contribution in [0.15, 0.2) is 30.4 Å². The fourth-order valence-electron chi connectivity index (χ4n) is 1.44. The molecule has 0 aliphatic carbocycles. The number of nitrogens with one attached hydrogen (secondary N) is 1. The highest BCUT2D eigenvalue weighted by Gasteiger charge is 2.11. The predicted molar refractivity (Wildman–Crippen MR) is 63.1 cm³/mol. The molecule has 0 saturated carbocycles. The van der Waals surface area contributed by atoms with Crippen molar-refractivity contribution in [2.45, 2.75) is 32.7 Å². The van der Waals surface area contributed by atoms with E-state index >= 15 is 0 Å². The van der Waals surface area contributed by atoms with Crippen LogP contribution < -0.4 is 11.3 Å². The van der Waals surface area contributed by atoms with Crippen molar-refractivity contribution >= 4 is 0 Å². The van der Waals surface area contributed by atoms with Crippen molar-refractivity contribution < 1.29 is 0 Å². The van der Waals surface area contributed by atoms with Crippen molar-refractivity contribution in [1.82, 2.24) is 10.4 Å². The van der Waals surface area contributed by atoms with E-state index in [0.717, 1.165) is 24.2 Å². The number of hydrazine groups is 1. The summed E-state index contributed by atoms with van der Waals surface area (Å²) in [6, 6.07) is 6.03. The Morgan fingerprint density at radius 3 is 2.87 bits per heavy atom. The fourth-order valence-corrected chi connectivity index (χ4v) is 1.44. The Morgan fingerprint density at radius 2 is 2.33 bits per heavy atom. The molecule has 0 amide bonds. The Morgan fingerprint density at radius 1 is 1.60 bits per heavy atom. The zero-order chi connectivity index (χ0) is 11.3. The largest absolute Gasteiger partial charge is 0.271 e. The molecule has 1 aromatic rings. The quantitative estimate of drug-likeness (QED) is 0.440. The van der Waals surface area contributed by atoms with Gasteiger partial charge in [-0.3, -0.25) is 16.3 Å². The normalized spacial score (nSPS) is 12.5. The molecule has 0 saturated heterocycles. The van der Waals surface area contributed by atoms with Crippen LogP contribution in [0.25, 0.3) is 0 Å². The van der Waals surface area contributed by atoms with Crippen molar-refractivity contribution in [1.29, 1.82) is 0 Å². The van der Waals surface area contributed by atoms with Gasteiger partial charge in [-0.05, 0) is 31.9 Å². The maximum absolute atomic E-state index is 5.53. The van der Waals surface area contributed by atoms with Crippen LogP contribution in [0, 0.1) is 6.92 Å². The molecule has 0 radical (unpaired) electrons. The third-order valence-corrected chi connectivity index (χ3v) is 2.46. The Bertz CT molecular complexity index is 333. The lowest BCUT2D eigenvalue weighted by Crippen LogP contribution is -2.29. The van der Waals surface area contributed by atoms with Gasteiger partial charge in [-0.25, -0.2) is 0 Å². The second-order valence-corrected chi connectivity index (χ2v) is 3.73. The van der Waals surface area contributed by atoms with Gasteiger partial charge in [0.15, 0.2) is 0 Å². The highest BCUT2D eigenvalue weighted by atomic mass is 15.2. The lowest BCUT2D eigenvalue weighted by Gasteiger charge is -2.16. The van der Waals surface area contributed by atoms with Crippen LogP contribution in [-0.2, 0) is 0 Å². The average Bonchev–Trinajstić information content (AvgIpc) is 2.25. The number of aromatic nitrogens is 1. The van der Waals surface area contributed by atoms with Crippen LogP contribution in [0.2, 0.25) is 0 Å². The first-order valence-electron chi connectivity index (χ1n) is 5.23. The molecule has 1 rings (SSSR count). The molecule has 1 aromatic heterocycles. The average molecular weight is 205 g/mol. The van der Waals surface area contributed by atoms with Gasteiger partial charge >= 0.3 is 0 Å². The van der Waals surface area contributed by atoms with Crippen molar-refractivity contribution in [2.24, 2.45) is 5.84 Å². The van der Waals surface area contributed by atoms with Crippen molar-refractivity contribution in [2.75, 3.05) is 0 Å². The van der Waals surface area contributed by atoms with E-state index < -0.39 is 0 Å². The van der Waals surface area contributed by atoms with Gasteiger partial charge < -0.3 is 0 Å². The molecule has 82 valence electrons. The Kier molecular flexibility index (Phi) is 4.46. The number of hydrogen-bond acceptors (Lipinski definition) is 3. The summed E-state index contributed by atoms with van der Waals surface area (Å²) < 4.78 is 0. The molecule has 0 aliphatic heterocycles. The van der Waals surface area contributed by atoms with E-state index in [9.17, 15) is 0 Å². The molecular formula is C12H19N3. The van der Waals surface area contributed by atoms with Crippen molar-refractivity contribution in [3.63, 3.8) is 0 Å². The number of aryl methyl sites for hydroxylation is 1.